The molecule has 0 amide bonds. The van der Waals surface area contributed by atoms with Gasteiger partial charge in [-0.2, -0.15) is 0 Å². The molecule has 100 valence electrons. The summed E-state index contributed by atoms with van der Waals surface area (Å²) in [6.45, 7) is 2.04. The van der Waals surface area contributed by atoms with E-state index in [1.807, 2.05) is 26.2 Å². The maximum Gasteiger partial charge on any atom is 0.0456 e. The summed E-state index contributed by atoms with van der Waals surface area (Å²) in [6.07, 6.45) is 4.53. The zero-order valence-electron chi connectivity index (χ0n) is 11.0. The van der Waals surface area contributed by atoms with Crippen molar-refractivity contribution in [3.05, 3.63) is 62.8 Å². The summed E-state index contributed by atoms with van der Waals surface area (Å²) < 4.78 is 0.995. The Morgan fingerprint density at radius 1 is 1.32 bits per heavy atom. The highest BCUT2D eigenvalue weighted by Gasteiger charge is 2.14. The van der Waals surface area contributed by atoms with Crippen molar-refractivity contribution in [3.63, 3.8) is 0 Å². The minimum Gasteiger partial charge on any atom is -0.313 e. The lowest BCUT2D eigenvalue weighted by molar-refractivity contribution is 0.591. The third-order valence-electron chi connectivity index (χ3n) is 3.08. The molecule has 1 atom stereocenters. The van der Waals surface area contributed by atoms with Crippen molar-refractivity contribution in [3.8, 4) is 0 Å². The molecular weight excluding hydrogens is 324 g/mol. The fourth-order valence-corrected chi connectivity index (χ4v) is 2.86. The molecule has 1 aromatic heterocycles. The van der Waals surface area contributed by atoms with Gasteiger partial charge in [0.1, 0.15) is 0 Å². The second-order valence-electron chi connectivity index (χ2n) is 4.58. The molecule has 2 nitrogen and oxygen atoms in total. The number of rotatable bonds is 4. The second kappa shape index (κ2) is 6.51. The van der Waals surface area contributed by atoms with E-state index in [-0.39, 0.29) is 6.04 Å². The number of hydrogen-bond donors (Lipinski definition) is 1. The first-order valence-electron chi connectivity index (χ1n) is 6.13. The zero-order chi connectivity index (χ0) is 13.8. The molecule has 1 unspecified atom stereocenters. The van der Waals surface area contributed by atoms with E-state index < -0.39 is 0 Å². The lowest BCUT2D eigenvalue weighted by Crippen LogP contribution is -2.19. The highest BCUT2D eigenvalue weighted by molar-refractivity contribution is 9.10. The molecule has 2 aromatic rings. The van der Waals surface area contributed by atoms with E-state index in [1.165, 1.54) is 11.1 Å². The Kier molecular flexibility index (Phi) is 4.97. The SMILES string of the molecule is CNC(Cc1cncc(Br)c1)c1ccc(C)cc1Cl. The number of benzene rings is 1. The van der Waals surface area contributed by atoms with Gasteiger partial charge in [0.25, 0.3) is 0 Å². The van der Waals surface area contributed by atoms with E-state index >= 15 is 0 Å². The Hall–Kier alpha value is -0.900. The molecule has 1 aromatic carbocycles. The molecule has 19 heavy (non-hydrogen) atoms. The summed E-state index contributed by atoms with van der Waals surface area (Å²) in [4.78, 5) is 4.19. The predicted molar refractivity (Wildman–Crippen MR) is 83.6 cm³/mol. The predicted octanol–water partition coefficient (Wildman–Crippen LogP) is 4.31. The maximum atomic E-state index is 6.34. The number of nitrogens with zero attached hydrogens (tertiary/aromatic N) is 1. The van der Waals surface area contributed by atoms with Crippen molar-refractivity contribution in [1.82, 2.24) is 10.3 Å². The van der Waals surface area contributed by atoms with Crippen LogP contribution >= 0.6 is 27.5 Å². The first kappa shape index (κ1) is 14.5. The van der Waals surface area contributed by atoms with Crippen LogP contribution in [-0.2, 0) is 6.42 Å². The zero-order valence-corrected chi connectivity index (χ0v) is 13.3. The number of aryl methyl sites for hydroxylation is 1. The van der Waals surface area contributed by atoms with Crippen LogP contribution < -0.4 is 5.32 Å². The minimum atomic E-state index is 0.184. The third kappa shape index (κ3) is 3.78. The van der Waals surface area contributed by atoms with E-state index in [9.17, 15) is 0 Å². The summed E-state index contributed by atoms with van der Waals surface area (Å²) >= 11 is 9.78. The van der Waals surface area contributed by atoms with Gasteiger partial charge in [0, 0.05) is 27.9 Å². The van der Waals surface area contributed by atoms with Gasteiger partial charge >= 0.3 is 0 Å². The lowest BCUT2D eigenvalue weighted by atomic mass is 9.99. The van der Waals surface area contributed by atoms with Crippen molar-refractivity contribution in [2.24, 2.45) is 0 Å². The average Bonchev–Trinajstić information content (AvgIpc) is 2.37. The van der Waals surface area contributed by atoms with Crippen LogP contribution in [0.2, 0.25) is 5.02 Å². The number of halogens is 2. The molecule has 0 saturated heterocycles. The van der Waals surface area contributed by atoms with Crippen molar-refractivity contribution >= 4 is 27.5 Å². The van der Waals surface area contributed by atoms with E-state index in [0.717, 1.165) is 21.5 Å². The fraction of sp³-hybridized carbons (Fsp3) is 0.267. The van der Waals surface area contributed by atoms with Crippen LogP contribution in [0.5, 0.6) is 0 Å². The molecule has 0 aliphatic carbocycles. The number of likely N-dealkylation sites (N-methyl/N-ethyl adjacent to an activating group) is 1. The van der Waals surface area contributed by atoms with Gasteiger partial charge in [0.2, 0.25) is 0 Å². The number of nitrogens with one attached hydrogen (secondary N) is 1. The van der Waals surface area contributed by atoms with Crippen LogP contribution in [0.25, 0.3) is 0 Å². The molecule has 0 saturated carbocycles. The van der Waals surface area contributed by atoms with Crippen molar-refractivity contribution in [2.45, 2.75) is 19.4 Å². The molecule has 0 aliphatic rings. The Morgan fingerprint density at radius 3 is 2.74 bits per heavy atom. The summed E-state index contributed by atoms with van der Waals surface area (Å²) in [5, 5.41) is 4.13. The van der Waals surface area contributed by atoms with E-state index in [1.54, 1.807) is 6.20 Å². The molecule has 1 heterocycles. The molecule has 0 radical (unpaired) electrons. The second-order valence-corrected chi connectivity index (χ2v) is 5.90. The van der Waals surface area contributed by atoms with Crippen LogP contribution in [0, 0.1) is 6.92 Å². The van der Waals surface area contributed by atoms with Crippen molar-refractivity contribution in [1.29, 1.82) is 0 Å². The highest BCUT2D eigenvalue weighted by atomic mass is 79.9. The van der Waals surface area contributed by atoms with Gasteiger partial charge in [-0.05, 0) is 65.1 Å². The summed E-state index contributed by atoms with van der Waals surface area (Å²) in [5.74, 6) is 0. The maximum absolute atomic E-state index is 6.34. The Bertz CT molecular complexity index is 572. The molecular formula is C15H16BrClN2. The quantitative estimate of drug-likeness (QED) is 0.898. The van der Waals surface area contributed by atoms with Gasteiger partial charge in [-0.15, -0.1) is 0 Å². The van der Waals surface area contributed by atoms with Gasteiger partial charge in [0.15, 0.2) is 0 Å². The van der Waals surface area contributed by atoms with Crippen molar-refractivity contribution in [2.75, 3.05) is 7.05 Å². The Balaban J connectivity index is 2.25. The molecule has 0 spiro atoms. The van der Waals surface area contributed by atoms with Gasteiger partial charge in [0.05, 0.1) is 0 Å². The number of aromatic nitrogens is 1. The first-order chi connectivity index (χ1) is 9.10. The fourth-order valence-electron chi connectivity index (χ4n) is 2.09. The van der Waals surface area contributed by atoms with Crippen LogP contribution in [0.15, 0.2) is 41.1 Å². The van der Waals surface area contributed by atoms with Crippen LogP contribution in [0.3, 0.4) is 0 Å². The number of pyridine rings is 1. The summed E-state index contributed by atoms with van der Waals surface area (Å²) in [6, 6.07) is 8.44. The molecule has 0 aliphatic heterocycles. The lowest BCUT2D eigenvalue weighted by Gasteiger charge is -2.18. The van der Waals surface area contributed by atoms with E-state index in [2.05, 4.69) is 44.4 Å². The standard InChI is InChI=1S/C15H16BrClN2/c1-10-3-4-13(14(17)5-10)15(18-2)7-11-6-12(16)9-19-8-11/h3-6,8-9,15,18H,7H2,1-2H3. The largest absolute Gasteiger partial charge is 0.313 e. The van der Waals surface area contributed by atoms with E-state index in [0.29, 0.717) is 0 Å². The average molecular weight is 340 g/mol. The van der Waals surface area contributed by atoms with Crippen LogP contribution in [0.4, 0.5) is 0 Å². The smallest absolute Gasteiger partial charge is 0.0456 e. The van der Waals surface area contributed by atoms with Gasteiger partial charge in [-0.3, -0.25) is 4.98 Å². The van der Waals surface area contributed by atoms with Crippen LogP contribution in [-0.4, -0.2) is 12.0 Å². The third-order valence-corrected chi connectivity index (χ3v) is 3.84. The molecule has 4 heteroatoms. The molecule has 0 bridgehead atoms. The van der Waals surface area contributed by atoms with Crippen molar-refractivity contribution < 1.29 is 0 Å². The topological polar surface area (TPSA) is 24.9 Å². The Morgan fingerprint density at radius 2 is 2.11 bits per heavy atom. The van der Waals surface area contributed by atoms with Gasteiger partial charge < -0.3 is 5.32 Å². The summed E-state index contributed by atoms with van der Waals surface area (Å²) in [5.41, 5.74) is 3.47. The molecule has 2 rings (SSSR count). The molecule has 0 fully saturated rings. The monoisotopic (exact) mass is 338 g/mol. The van der Waals surface area contributed by atoms with E-state index in [4.69, 9.17) is 11.6 Å². The first-order valence-corrected chi connectivity index (χ1v) is 7.30. The normalized spacial score (nSPS) is 12.4. The highest BCUT2D eigenvalue weighted by Crippen LogP contribution is 2.27. The van der Waals surface area contributed by atoms with Crippen LogP contribution in [0.1, 0.15) is 22.7 Å². The minimum absolute atomic E-state index is 0.184. The van der Waals surface area contributed by atoms with Gasteiger partial charge in [-0.25, -0.2) is 0 Å². The number of hydrogen-bond acceptors (Lipinski definition) is 2. The molecule has 1 N–H and O–H groups in total. The van der Waals surface area contributed by atoms with Gasteiger partial charge in [-0.1, -0.05) is 23.7 Å². The summed E-state index contributed by atoms with van der Waals surface area (Å²) in [7, 11) is 1.95. The Labute approximate surface area is 127 Å².